The lowest BCUT2D eigenvalue weighted by atomic mass is 10.1. The monoisotopic (exact) mass is 308 g/mol. The van der Waals surface area contributed by atoms with Gasteiger partial charge in [-0.05, 0) is 13.8 Å². The van der Waals surface area contributed by atoms with E-state index in [1.54, 1.807) is 0 Å². The van der Waals surface area contributed by atoms with Crippen molar-refractivity contribution < 1.29 is 32.4 Å². The number of nitrogens with zero attached hydrogens (tertiary/aromatic N) is 2. The van der Waals surface area contributed by atoms with Crippen molar-refractivity contribution in [3.05, 3.63) is 27.4 Å². The van der Waals surface area contributed by atoms with E-state index < -0.39 is 40.9 Å². The number of nitro groups is 1. The van der Waals surface area contributed by atoms with Crippen molar-refractivity contribution in [3.8, 4) is 5.88 Å². The second kappa shape index (κ2) is 6.37. The zero-order valence-electron chi connectivity index (χ0n) is 11.1. The second-order valence-corrected chi connectivity index (χ2v) is 3.86. The van der Waals surface area contributed by atoms with Crippen LogP contribution in [0.3, 0.4) is 0 Å². The fraction of sp³-hybridized carbons (Fsp3) is 0.455. The van der Waals surface area contributed by atoms with Crippen molar-refractivity contribution >= 4 is 11.7 Å². The van der Waals surface area contributed by atoms with Crippen LogP contribution >= 0.6 is 0 Å². The molecule has 116 valence electrons. The quantitative estimate of drug-likeness (QED) is 0.471. The molecule has 0 amide bonds. The van der Waals surface area contributed by atoms with Gasteiger partial charge in [0.15, 0.2) is 0 Å². The topological polar surface area (TPSA) is 91.6 Å². The Bertz CT molecular complexity index is 560. The Morgan fingerprint density at radius 1 is 1.48 bits per heavy atom. The third-order valence-electron chi connectivity index (χ3n) is 2.25. The van der Waals surface area contributed by atoms with Crippen molar-refractivity contribution in [1.82, 2.24) is 4.98 Å². The number of alkyl halides is 3. The zero-order valence-corrected chi connectivity index (χ0v) is 11.1. The van der Waals surface area contributed by atoms with Gasteiger partial charge in [0.1, 0.15) is 5.69 Å². The van der Waals surface area contributed by atoms with Crippen molar-refractivity contribution in [3.63, 3.8) is 0 Å². The molecule has 1 rings (SSSR count). The summed E-state index contributed by atoms with van der Waals surface area (Å²) in [5.74, 6) is -1.71. The molecule has 0 aliphatic heterocycles. The van der Waals surface area contributed by atoms with Crippen LogP contribution in [0, 0.1) is 17.0 Å². The Balaban J connectivity index is 3.22. The Labute approximate surface area is 116 Å². The predicted molar refractivity (Wildman–Crippen MR) is 62.6 cm³/mol. The summed E-state index contributed by atoms with van der Waals surface area (Å²) < 4.78 is 44.7. The minimum Gasteiger partial charge on any atom is -0.466 e. The number of hydrogen-bond donors (Lipinski definition) is 0. The van der Waals surface area contributed by atoms with Crippen LogP contribution in [-0.2, 0) is 16.0 Å². The van der Waals surface area contributed by atoms with Crippen LogP contribution in [0.5, 0.6) is 5.88 Å². The first kappa shape index (κ1) is 16.7. The van der Waals surface area contributed by atoms with Crippen LogP contribution in [0.4, 0.5) is 18.9 Å². The smallest absolute Gasteiger partial charge is 0.466 e. The van der Waals surface area contributed by atoms with Gasteiger partial charge in [-0.1, -0.05) is 0 Å². The van der Waals surface area contributed by atoms with Gasteiger partial charge in [0.2, 0.25) is 5.88 Å². The van der Waals surface area contributed by atoms with Crippen molar-refractivity contribution in [2.24, 2.45) is 0 Å². The number of esters is 1. The number of halogens is 3. The fourth-order valence-corrected chi connectivity index (χ4v) is 1.59. The van der Waals surface area contributed by atoms with E-state index in [0.29, 0.717) is 0 Å². The van der Waals surface area contributed by atoms with Gasteiger partial charge in [-0.15, -0.1) is 13.2 Å². The number of aromatic nitrogens is 1. The van der Waals surface area contributed by atoms with E-state index >= 15 is 0 Å². The predicted octanol–water partition coefficient (Wildman–Crippen LogP) is 2.30. The van der Waals surface area contributed by atoms with E-state index in [1.165, 1.54) is 13.8 Å². The average molecular weight is 308 g/mol. The molecule has 10 heteroatoms. The number of hydrogen-bond acceptors (Lipinski definition) is 6. The molecule has 21 heavy (non-hydrogen) atoms. The second-order valence-electron chi connectivity index (χ2n) is 3.86. The summed E-state index contributed by atoms with van der Waals surface area (Å²) in [5, 5.41) is 10.9. The Kier molecular flexibility index (Phi) is 5.06. The minimum absolute atomic E-state index is 0.0321. The van der Waals surface area contributed by atoms with E-state index in [-0.39, 0.29) is 12.2 Å². The Morgan fingerprint density at radius 3 is 2.57 bits per heavy atom. The SMILES string of the molecule is CCOC(=O)Cc1nc(OC(F)(F)F)cc(C)c1[N+](=O)[O-]. The third-order valence-corrected chi connectivity index (χ3v) is 2.25. The summed E-state index contributed by atoms with van der Waals surface area (Å²) in [6, 6.07) is 0.778. The molecule has 7 nitrogen and oxygen atoms in total. The molecule has 0 aliphatic rings. The summed E-state index contributed by atoms with van der Waals surface area (Å²) in [7, 11) is 0. The Morgan fingerprint density at radius 2 is 2.10 bits per heavy atom. The lowest BCUT2D eigenvalue weighted by Crippen LogP contribution is -2.19. The van der Waals surface area contributed by atoms with Gasteiger partial charge in [-0.2, -0.15) is 0 Å². The van der Waals surface area contributed by atoms with Crippen molar-refractivity contribution in [2.75, 3.05) is 6.61 Å². The molecule has 0 atom stereocenters. The van der Waals surface area contributed by atoms with Gasteiger partial charge in [0.05, 0.1) is 18.0 Å². The molecule has 0 spiro atoms. The molecule has 1 heterocycles. The van der Waals surface area contributed by atoms with Gasteiger partial charge in [-0.3, -0.25) is 14.9 Å². The first-order valence-corrected chi connectivity index (χ1v) is 5.70. The normalized spacial score (nSPS) is 11.1. The molecule has 1 aromatic rings. The van der Waals surface area contributed by atoms with Crippen LogP contribution < -0.4 is 4.74 Å². The van der Waals surface area contributed by atoms with Crippen molar-refractivity contribution in [1.29, 1.82) is 0 Å². The molecule has 0 saturated carbocycles. The summed E-state index contributed by atoms with van der Waals surface area (Å²) in [5.41, 5.74) is -1.09. The molecule has 0 bridgehead atoms. The van der Waals surface area contributed by atoms with Gasteiger partial charge < -0.3 is 9.47 Å². The molecular weight excluding hydrogens is 297 g/mol. The molecule has 0 N–H and O–H groups in total. The number of carbonyl (C=O) groups is 1. The van der Waals surface area contributed by atoms with E-state index in [1.807, 2.05) is 0 Å². The highest BCUT2D eigenvalue weighted by Crippen LogP contribution is 2.29. The molecule has 1 aromatic heterocycles. The number of ether oxygens (including phenoxy) is 2. The highest BCUT2D eigenvalue weighted by atomic mass is 19.4. The largest absolute Gasteiger partial charge is 0.574 e. The Hall–Kier alpha value is -2.39. The maximum absolute atomic E-state index is 12.2. The first-order chi connectivity index (χ1) is 9.64. The molecule has 0 fully saturated rings. The summed E-state index contributed by atoms with van der Waals surface area (Å²) >= 11 is 0. The molecular formula is C11H11F3N2O5. The van der Waals surface area contributed by atoms with E-state index in [4.69, 9.17) is 0 Å². The minimum atomic E-state index is -4.99. The van der Waals surface area contributed by atoms with E-state index in [0.717, 1.165) is 6.07 Å². The number of rotatable bonds is 5. The zero-order chi connectivity index (χ0) is 16.2. The summed E-state index contributed by atoms with van der Waals surface area (Å²) in [6.07, 6.45) is -5.61. The van der Waals surface area contributed by atoms with Gasteiger partial charge in [0, 0.05) is 11.6 Å². The number of aryl methyl sites for hydroxylation is 1. The number of pyridine rings is 1. The van der Waals surface area contributed by atoms with Crippen LogP contribution in [-0.4, -0.2) is 28.8 Å². The van der Waals surface area contributed by atoms with Gasteiger partial charge >= 0.3 is 12.3 Å². The highest BCUT2D eigenvalue weighted by Gasteiger charge is 2.33. The maximum Gasteiger partial charge on any atom is 0.574 e. The molecule has 0 radical (unpaired) electrons. The highest BCUT2D eigenvalue weighted by molar-refractivity contribution is 5.73. The van der Waals surface area contributed by atoms with Crippen LogP contribution in [0.15, 0.2) is 6.07 Å². The third kappa shape index (κ3) is 4.89. The fourth-order valence-electron chi connectivity index (χ4n) is 1.59. The average Bonchev–Trinajstić information content (AvgIpc) is 2.24. The van der Waals surface area contributed by atoms with Crippen LogP contribution in [0.1, 0.15) is 18.2 Å². The van der Waals surface area contributed by atoms with Crippen molar-refractivity contribution in [2.45, 2.75) is 26.6 Å². The first-order valence-electron chi connectivity index (χ1n) is 5.70. The summed E-state index contributed by atoms with van der Waals surface area (Å²) in [6.45, 7) is 2.77. The number of carbonyl (C=O) groups excluding carboxylic acids is 1. The van der Waals surface area contributed by atoms with E-state index in [9.17, 15) is 28.1 Å². The molecule has 0 aliphatic carbocycles. The van der Waals surface area contributed by atoms with Gasteiger partial charge in [-0.25, -0.2) is 4.98 Å². The van der Waals surface area contributed by atoms with E-state index in [2.05, 4.69) is 14.5 Å². The molecule has 0 saturated heterocycles. The maximum atomic E-state index is 12.2. The lowest BCUT2D eigenvalue weighted by Gasteiger charge is -2.11. The lowest BCUT2D eigenvalue weighted by molar-refractivity contribution is -0.386. The van der Waals surface area contributed by atoms with Crippen LogP contribution in [0.2, 0.25) is 0 Å². The van der Waals surface area contributed by atoms with Gasteiger partial charge in [0.25, 0.3) is 5.69 Å². The standard InChI is InChI=1S/C11H11F3N2O5/c1-3-20-9(17)5-7-10(16(18)19)6(2)4-8(15-7)21-11(12,13)14/h4H,3,5H2,1-2H3. The molecule has 0 aromatic carbocycles. The van der Waals surface area contributed by atoms with Crippen LogP contribution in [0.25, 0.3) is 0 Å². The molecule has 0 unspecified atom stereocenters. The summed E-state index contributed by atoms with van der Waals surface area (Å²) in [4.78, 5) is 24.8.